The number of rotatable bonds is 5. The van der Waals surface area contributed by atoms with E-state index in [0.717, 1.165) is 44.9 Å². The molecule has 1 N–H and O–H groups in total. The van der Waals surface area contributed by atoms with Gasteiger partial charge in [0.1, 0.15) is 11.1 Å². The van der Waals surface area contributed by atoms with Crippen molar-refractivity contribution < 1.29 is 13.2 Å². The fourth-order valence-corrected chi connectivity index (χ4v) is 5.66. The first-order valence-corrected chi connectivity index (χ1v) is 11.4. The van der Waals surface area contributed by atoms with Gasteiger partial charge in [-0.25, -0.2) is 8.42 Å². The molecule has 1 aromatic carbocycles. The largest absolute Gasteiger partial charge is 0.315 e. The lowest BCUT2D eigenvalue weighted by atomic mass is 9.96. The van der Waals surface area contributed by atoms with Crippen molar-refractivity contribution in [1.29, 1.82) is 5.26 Å². The molecule has 1 aliphatic carbocycles. The molecule has 0 fully saturated rings. The van der Waals surface area contributed by atoms with Gasteiger partial charge >= 0.3 is 0 Å². The predicted molar refractivity (Wildman–Crippen MR) is 108 cm³/mol. The topological polar surface area (TPSA) is 90.3 Å². The second-order valence-electron chi connectivity index (χ2n) is 6.29. The van der Waals surface area contributed by atoms with E-state index in [1.165, 1.54) is 30.5 Å². The second-order valence-corrected chi connectivity index (χ2v) is 10.4. The molecule has 1 aliphatic rings. The summed E-state index contributed by atoms with van der Waals surface area (Å²) in [7, 11) is -2.41. The molecule has 0 saturated heterocycles. The van der Waals surface area contributed by atoms with Crippen LogP contribution in [0.25, 0.3) is 0 Å². The Morgan fingerprint density at radius 1 is 1.30 bits per heavy atom. The summed E-state index contributed by atoms with van der Waals surface area (Å²) < 4.78 is 27.0. The zero-order chi connectivity index (χ0) is 19.6. The number of benzene rings is 1. The first-order chi connectivity index (χ1) is 12.8. The molecule has 0 atom stereocenters. The minimum Gasteiger partial charge on any atom is -0.315 e. The van der Waals surface area contributed by atoms with Gasteiger partial charge in [0.2, 0.25) is 15.9 Å². The van der Waals surface area contributed by atoms with Crippen LogP contribution in [-0.4, -0.2) is 32.2 Å². The van der Waals surface area contributed by atoms with Crippen molar-refractivity contribution in [2.45, 2.75) is 30.6 Å². The predicted octanol–water partition coefficient (Wildman–Crippen LogP) is 3.52. The van der Waals surface area contributed by atoms with Crippen LogP contribution in [0.2, 0.25) is 0 Å². The van der Waals surface area contributed by atoms with Crippen molar-refractivity contribution in [2.75, 3.05) is 18.9 Å². The van der Waals surface area contributed by atoms with Crippen LogP contribution in [-0.2, 0) is 27.7 Å². The third-order valence-electron chi connectivity index (χ3n) is 4.42. The van der Waals surface area contributed by atoms with Gasteiger partial charge in [-0.1, -0.05) is 15.9 Å². The minimum absolute atomic E-state index is 0.116. The highest BCUT2D eigenvalue weighted by Gasteiger charge is 2.25. The van der Waals surface area contributed by atoms with Crippen molar-refractivity contribution in [3.63, 3.8) is 0 Å². The number of aryl methyl sites for hydroxylation is 1. The highest BCUT2D eigenvalue weighted by atomic mass is 79.9. The maximum Gasteiger partial charge on any atom is 0.243 e. The van der Waals surface area contributed by atoms with E-state index in [9.17, 15) is 18.5 Å². The Hall–Kier alpha value is -1.73. The highest BCUT2D eigenvalue weighted by molar-refractivity contribution is 9.10. The fraction of sp³-hybridized carbons (Fsp3) is 0.333. The molecule has 2 aromatic rings. The summed E-state index contributed by atoms with van der Waals surface area (Å²) >= 11 is 4.69. The molecule has 142 valence electrons. The summed E-state index contributed by atoms with van der Waals surface area (Å²) in [4.78, 5) is 13.7. The van der Waals surface area contributed by atoms with Crippen LogP contribution in [0.15, 0.2) is 33.6 Å². The second kappa shape index (κ2) is 8.10. The lowest BCUT2D eigenvalue weighted by molar-refractivity contribution is -0.116. The Morgan fingerprint density at radius 3 is 2.63 bits per heavy atom. The van der Waals surface area contributed by atoms with Crippen LogP contribution < -0.4 is 5.32 Å². The standard InChI is InChI=1S/C18H18BrN3O3S2/c1-22(27(24,25)13-8-6-12(19)7-9-13)11-17(23)21-18-15(10-20)14-4-2-3-5-16(14)26-18/h6-9H,2-5,11H2,1H3,(H,21,23). The van der Waals surface area contributed by atoms with Gasteiger partial charge in [-0.15, -0.1) is 11.3 Å². The van der Waals surface area contributed by atoms with Crippen molar-refractivity contribution >= 4 is 48.2 Å². The first kappa shape index (κ1) is 20.0. The van der Waals surface area contributed by atoms with Gasteiger partial charge in [-0.05, 0) is 55.5 Å². The Kier molecular flexibility index (Phi) is 6.01. The quantitative estimate of drug-likeness (QED) is 0.727. The Morgan fingerprint density at radius 2 is 1.96 bits per heavy atom. The number of likely N-dealkylation sites (N-methyl/N-ethyl adjacent to an activating group) is 1. The van der Waals surface area contributed by atoms with E-state index >= 15 is 0 Å². The number of carbonyl (C=O) groups is 1. The van der Waals surface area contributed by atoms with E-state index in [1.54, 1.807) is 12.1 Å². The number of nitrogens with zero attached hydrogens (tertiary/aromatic N) is 2. The number of hydrogen-bond acceptors (Lipinski definition) is 5. The molecule has 0 saturated carbocycles. The minimum atomic E-state index is -3.77. The highest BCUT2D eigenvalue weighted by Crippen LogP contribution is 2.37. The third-order valence-corrected chi connectivity index (χ3v) is 7.98. The molecular formula is C18H18BrN3O3S2. The Balaban J connectivity index is 1.73. The summed E-state index contributed by atoms with van der Waals surface area (Å²) in [5.74, 6) is -0.465. The number of amides is 1. The molecule has 0 unspecified atom stereocenters. The van der Waals surface area contributed by atoms with Crippen LogP contribution in [0.1, 0.15) is 28.8 Å². The van der Waals surface area contributed by atoms with Crippen molar-refractivity contribution in [1.82, 2.24) is 4.31 Å². The lowest BCUT2D eigenvalue weighted by Crippen LogP contribution is -2.34. The van der Waals surface area contributed by atoms with Crippen LogP contribution >= 0.6 is 27.3 Å². The fourth-order valence-electron chi connectivity index (χ4n) is 3.01. The molecule has 9 heteroatoms. The number of thiophene rings is 1. The summed E-state index contributed by atoms with van der Waals surface area (Å²) in [6.45, 7) is -0.328. The van der Waals surface area contributed by atoms with Gasteiger partial charge < -0.3 is 5.32 Å². The number of nitrogens with one attached hydrogen (secondary N) is 1. The zero-order valence-corrected chi connectivity index (χ0v) is 17.9. The van der Waals surface area contributed by atoms with Crippen LogP contribution in [0.3, 0.4) is 0 Å². The number of fused-ring (bicyclic) bond motifs is 1. The van der Waals surface area contributed by atoms with Crippen LogP contribution in [0, 0.1) is 11.3 Å². The molecule has 1 heterocycles. The number of sulfonamides is 1. The number of halogens is 1. The van der Waals surface area contributed by atoms with Gasteiger partial charge in [-0.3, -0.25) is 4.79 Å². The third kappa shape index (κ3) is 4.24. The van der Waals surface area contributed by atoms with Gasteiger partial charge in [0.25, 0.3) is 0 Å². The average molecular weight is 468 g/mol. The molecule has 0 radical (unpaired) electrons. The van der Waals surface area contributed by atoms with Gasteiger partial charge in [-0.2, -0.15) is 9.57 Å². The van der Waals surface area contributed by atoms with Crippen molar-refractivity contribution in [3.05, 3.63) is 44.7 Å². The maximum atomic E-state index is 12.6. The van der Waals surface area contributed by atoms with E-state index in [0.29, 0.717) is 10.6 Å². The number of anilines is 1. The van der Waals surface area contributed by atoms with Crippen molar-refractivity contribution in [3.8, 4) is 6.07 Å². The van der Waals surface area contributed by atoms with Gasteiger partial charge in [0.05, 0.1) is 17.0 Å². The maximum absolute atomic E-state index is 12.6. The van der Waals surface area contributed by atoms with Crippen LogP contribution in [0.4, 0.5) is 5.00 Å². The van der Waals surface area contributed by atoms with Crippen LogP contribution in [0.5, 0.6) is 0 Å². The molecule has 0 aliphatic heterocycles. The smallest absolute Gasteiger partial charge is 0.243 e. The summed E-state index contributed by atoms with van der Waals surface area (Å²) in [5.41, 5.74) is 1.54. The van der Waals surface area contributed by atoms with E-state index in [4.69, 9.17) is 0 Å². The molecule has 0 spiro atoms. The molecule has 0 bridgehead atoms. The summed E-state index contributed by atoms with van der Waals surface area (Å²) in [6.07, 6.45) is 3.89. The number of carbonyl (C=O) groups excluding carboxylic acids is 1. The molecular weight excluding hydrogens is 450 g/mol. The van der Waals surface area contributed by atoms with Gasteiger partial charge in [0.15, 0.2) is 0 Å². The van der Waals surface area contributed by atoms with E-state index in [2.05, 4.69) is 27.3 Å². The van der Waals surface area contributed by atoms with Crippen molar-refractivity contribution in [2.24, 2.45) is 0 Å². The zero-order valence-electron chi connectivity index (χ0n) is 14.7. The molecule has 1 amide bonds. The number of nitriles is 1. The SMILES string of the molecule is CN(CC(=O)Nc1sc2c(c1C#N)CCCC2)S(=O)(=O)c1ccc(Br)cc1. The Bertz CT molecular complexity index is 1010. The molecule has 1 aromatic heterocycles. The lowest BCUT2D eigenvalue weighted by Gasteiger charge is -2.16. The Labute approximate surface area is 171 Å². The van der Waals surface area contributed by atoms with E-state index < -0.39 is 15.9 Å². The molecule has 3 rings (SSSR count). The summed E-state index contributed by atoms with van der Waals surface area (Å²) in [6, 6.07) is 8.42. The number of hydrogen-bond donors (Lipinski definition) is 1. The first-order valence-electron chi connectivity index (χ1n) is 8.39. The normalized spacial score (nSPS) is 13.9. The average Bonchev–Trinajstić information content (AvgIpc) is 2.98. The summed E-state index contributed by atoms with van der Waals surface area (Å²) in [5, 5.41) is 12.7. The molecule has 27 heavy (non-hydrogen) atoms. The monoisotopic (exact) mass is 467 g/mol. The van der Waals surface area contributed by atoms with Gasteiger partial charge in [0, 0.05) is 16.4 Å². The molecule has 6 nitrogen and oxygen atoms in total. The van der Waals surface area contributed by atoms with E-state index in [1.807, 2.05) is 0 Å². The van der Waals surface area contributed by atoms with E-state index in [-0.39, 0.29) is 11.4 Å².